The lowest BCUT2D eigenvalue weighted by Crippen LogP contribution is -2.25. The predicted octanol–water partition coefficient (Wildman–Crippen LogP) is 1.37. The molecule has 0 fully saturated rings. The van der Waals surface area contributed by atoms with Gasteiger partial charge in [-0.15, -0.1) is 5.10 Å². The fraction of sp³-hybridized carbons (Fsp3) is 0.188. The second-order valence-corrected chi connectivity index (χ2v) is 7.47. The van der Waals surface area contributed by atoms with Crippen LogP contribution in [0.1, 0.15) is 11.4 Å². The van der Waals surface area contributed by atoms with Crippen molar-refractivity contribution < 1.29 is 18.1 Å². The molecule has 0 spiro atoms. The first-order valence-corrected chi connectivity index (χ1v) is 9.46. The molecule has 0 radical (unpaired) electrons. The first kappa shape index (κ1) is 19.4. The Morgan fingerprint density at radius 2 is 1.93 bits per heavy atom. The lowest BCUT2D eigenvalue weighted by Gasteiger charge is -2.10. The number of aromatic nitrogens is 4. The van der Waals surface area contributed by atoms with E-state index in [-0.39, 0.29) is 23.0 Å². The van der Waals surface area contributed by atoms with Gasteiger partial charge in [-0.25, -0.2) is 13.1 Å². The van der Waals surface area contributed by atoms with Crippen molar-refractivity contribution in [1.82, 2.24) is 24.9 Å². The summed E-state index contributed by atoms with van der Waals surface area (Å²) in [5.41, 5.74) is 0.688. The molecule has 0 saturated carbocycles. The molecule has 0 aliphatic carbocycles. The van der Waals surface area contributed by atoms with Crippen LogP contribution in [0.15, 0.2) is 47.4 Å². The SMILES string of the molecule is COc1ccc(-n2nnnc2CNS(=O)(=O)c2cc([N+](=O)[O-])ccc2C)cc1. The van der Waals surface area contributed by atoms with Crippen LogP contribution in [0, 0.1) is 17.0 Å². The largest absolute Gasteiger partial charge is 0.497 e. The number of aryl methyl sites for hydroxylation is 1. The standard InChI is InChI=1S/C16H16N6O5S/c1-11-3-4-13(22(23)24)9-15(11)28(25,26)17-10-16-18-19-20-21(16)12-5-7-14(27-2)8-6-12/h3-9,17H,10H2,1-2H3. The molecule has 0 aliphatic heterocycles. The minimum atomic E-state index is -4.02. The number of nitro groups is 1. The predicted molar refractivity (Wildman–Crippen MR) is 97.6 cm³/mol. The molecule has 1 aromatic heterocycles. The van der Waals surface area contributed by atoms with Crippen LogP contribution in [0.4, 0.5) is 5.69 Å². The van der Waals surface area contributed by atoms with E-state index in [1.54, 1.807) is 38.3 Å². The van der Waals surface area contributed by atoms with Gasteiger partial charge in [0.05, 0.1) is 29.2 Å². The highest BCUT2D eigenvalue weighted by Gasteiger charge is 2.21. The molecule has 1 heterocycles. The Morgan fingerprint density at radius 1 is 1.21 bits per heavy atom. The Labute approximate surface area is 160 Å². The summed E-state index contributed by atoms with van der Waals surface area (Å²) in [7, 11) is -2.47. The van der Waals surface area contributed by atoms with E-state index in [0.717, 1.165) is 6.07 Å². The van der Waals surface area contributed by atoms with E-state index in [1.165, 1.54) is 16.8 Å². The first-order valence-electron chi connectivity index (χ1n) is 7.98. The highest BCUT2D eigenvalue weighted by atomic mass is 32.2. The molecule has 3 aromatic rings. The van der Waals surface area contributed by atoms with E-state index < -0.39 is 14.9 Å². The zero-order chi connectivity index (χ0) is 20.3. The molecule has 0 saturated heterocycles. The number of sulfonamides is 1. The lowest BCUT2D eigenvalue weighted by molar-refractivity contribution is -0.385. The van der Waals surface area contributed by atoms with Crippen LogP contribution in [0.3, 0.4) is 0 Å². The van der Waals surface area contributed by atoms with Gasteiger partial charge in [0.1, 0.15) is 5.75 Å². The van der Waals surface area contributed by atoms with Crippen LogP contribution >= 0.6 is 0 Å². The maximum Gasteiger partial charge on any atom is 0.270 e. The van der Waals surface area contributed by atoms with Crippen LogP contribution in [-0.4, -0.2) is 40.7 Å². The highest BCUT2D eigenvalue weighted by molar-refractivity contribution is 7.89. The Balaban J connectivity index is 1.84. The van der Waals surface area contributed by atoms with Gasteiger partial charge >= 0.3 is 0 Å². The summed E-state index contributed by atoms with van der Waals surface area (Å²) >= 11 is 0. The Hall–Kier alpha value is -3.38. The lowest BCUT2D eigenvalue weighted by atomic mass is 10.2. The molecule has 1 N–H and O–H groups in total. The van der Waals surface area contributed by atoms with Crippen LogP contribution in [-0.2, 0) is 16.6 Å². The molecule has 12 heteroatoms. The summed E-state index contributed by atoms with van der Waals surface area (Å²) in [5, 5.41) is 22.2. The van der Waals surface area contributed by atoms with Crippen LogP contribution in [0.25, 0.3) is 5.69 Å². The highest BCUT2D eigenvalue weighted by Crippen LogP contribution is 2.22. The molecule has 0 aliphatic rings. The maximum absolute atomic E-state index is 12.6. The van der Waals surface area contributed by atoms with Crippen molar-refractivity contribution in [2.75, 3.05) is 7.11 Å². The molecule has 2 aromatic carbocycles. The zero-order valence-electron chi connectivity index (χ0n) is 14.9. The number of non-ortho nitro benzene ring substituents is 1. The number of methoxy groups -OCH3 is 1. The molecule has 0 bridgehead atoms. The summed E-state index contributed by atoms with van der Waals surface area (Å²) in [4.78, 5) is 10.1. The number of nitrogens with zero attached hydrogens (tertiary/aromatic N) is 5. The summed E-state index contributed by atoms with van der Waals surface area (Å²) in [6.07, 6.45) is 0. The molecule has 0 atom stereocenters. The van der Waals surface area contributed by atoms with Crippen molar-refractivity contribution in [3.63, 3.8) is 0 Å². The van der Waals surface area contributed by atoms with Gasteiger partial charge in [0.25, 0.3) is 5.69 Å². The third-order valence-corrected chi connectivity index (χ3v) is 5.49. The number of benzene rings is 2. The fourth-order valence-electron chi connectivity index (χ4n) is 2.47. The van der Waals surface area contributed by atoms with E-state index in [1.807, 2.05) is 0 Å². The Kier molecular flexibility index (Phi) is 5.33. The van der Waals surface area contributed by atoms with Crippen LogP contribution < -0.4 is 9.46 Å². The zero-order valence-corrected chi connectivity index (χ0v) is 15.8. The average molecular weight is 404 g/mol. The average Bonchev–Trinajstić information content (AvgIpc) is 3.15. The summed E-state index contributed by atoms with van der Waals surface area (Å²) in [6.45, 7) is 1.35. The smallest absolute Gasteiger partial charge is 0.270 e. The van der Waals surface area contributed by atoms with E-state index >= 15 is 0 Å². The first-order chi connectivity index (χ1) is 13.3. The summed E-state index contributed by atoms with van der Waals surface area (Å²) < 4.78 is 34.1. The molecule has 3 rings (SSSR count). The van der Waals surface area contributed by atoms with Gasteiger partial charge in [0.2, 0.25) is 10.0 Å². The molecule has 0 amide bonds. The number of nitrogens with one attached hydrogen (secondary N) is 1. The number of nitro benzene ring substituents is 1. The number of tetrazole rings is 1. The molecule has 0 unspecified atom stereocenters. The van der Waals surface area contributed by atoms with E-state index in [2.05, 4.69) is 20.2 Å². The maximum atomic E-state index is 12.6. The van der Waals surface area contributed by atoms with Gasteiger partial charge < -0.3 is 4.74 Å². The van der Waals surface area contributed by atoms with E-state index in [4.69, 9.17) is 4.74 Å². The number of hydrogen-bond acceptors (Lipinski definition) is 8. The molecule has 11 nitrogen and oxygen atoms in total. The monoisotopic (exact) mass is 404 g/mol. The number of hydrogen-bond donors (Lipinski definition) is 1. The minimum absolute atomic E-state index is 0.176. The Morgan fingerprint density at radius 3 is 2.57 bits per heavy atom. The van der Waals surface area contributed by atoms with E-state index in [0.29, 0.717) is 17.0 Å². The second kappa shape index (κ2) is 7.70. The van der Waals surface area contributed by atoms with Crippen molar-refractivity contribution in [2.24, 2.45) is 0 Å². The van der Waals surface area contributed by atoms with Gasteiger partial charge in [-0.1, -0.05) is 6.07 Å². The van der Waals surface area contributed by atoms with Crippen molar-refractivity contribution >= 4 is 15.7 Å². The second-order valence-electron chi connectivity index (χ2n) is 5.74. The summed E-state index contributed by atoms with van der Waals surface area (Å²) in [5.74, 6) is 0.900. The minimum Gasteiger partial charge on any atom is -0.497 e. The third-order valence-electron chi connectivity index (χ3n) is 3.94. The van der Waals surface area contributed by atoms with Gasteiger partial charge in [-0.2, -0.15) is 4.68 Å². The van der Waals surface area contributed by atoms with Crippen molar-refractivity contribution in [3.05, 3.63) is 64.0 Å². The van der Waals surface area contributed by atoms with Gasteiger partial charge in [-0.05, 0) is 47.2 Å². The Bertz CT molecular complexity index is 1110. The topological polar surface area (TPSA) is 142 Å². The van der Waals surface area contributed by atoms with Crippen molar-refractivity contribution in [3.8, 4) is 11.4 Å². The van der Waals surface area contributed by atoms with Crippen molar-refractivity contribution in [2.45, 2.75) is 18.4 Å². The van der Waals surface area contributed by atoms with Crippen LogP contribution in [0.2, 0.25) is 0 Å². The van der Waals surface area contributed by atoms with Gasteiger partial charge in [0, 0.05) is 12.1 Å². The van der Waals surface area contributed by atoms with E-state index in [9.17, 15) is 18.5 Å². The molecule has 28 heavy (non-hydrogen) atoms. The fourth-order valence-corrected chi connectivity index (χ4v) is 3.71. The van der Waals surface area contributed by atoms with Gasteiger partial charge in [0.15, 0.2) is 5.82 Å². The van der Waals surface area contributed by atoms with Gasteiger partial charge in [-0.3, -0.25) is 10.1 Å². The summed E-state index contributed by atoms with van der Waals surface area (Å²) in [6, 6.07) is 10.5. The number of rotatable bonds is 7. The number of ether oxygens (including phenoxy) is 1. The normalized spacial score (nSPS) is 11.4. The van der Waals surface area contributed by atoms with Crippen molar-refractivity contribution in [1.29, 1.82) is 0 Å². The molecular formula is C16H16N6O5S. The molecular weight excluding hydrogens is 388 g/mol. The quantitative estimate of drug-likeness (QED) is 0.459. The molecule has 146 valence electrons. The van der Waals surface area contributed by atoms with Crippen LogP contribution in [0.5, 0.6) is 5.75 Å². The third kappa shape index (κ3) is 3.97.